The van der Waals surface area contributed by atoms with Crippen molar-refractivity contribution < 1.29 is 9.59 Å². The molecule has 8 heteroatoms. The number of primary amides is 2. The van der Waals surface area contributed by atoms with Crippen molar-refractivity contribution in [1.29, 1.82) is 0 Å². The Kier molecular flexibility index (Phi) is 6.11. The van der Waals surface area contributed by atoms with Crippen LogP contribution in [0.2, 0.25) is 0 Å². The van der Waals surface area contributed by atoms with Gasteiger partial charge in [-0.2, -0.15) is 0 Å². The lowest BCUT2D eigenvalue weighted by Gasteiger charge is -2.15. The Bertz CT molecular complexity index is 801. The number of nitrogens with two attached hydrogens (primary N) is 2. The van der Waals surface area contributed by atoms with Crippen molar-refractivity contribution in [1.82, 2.24) is 9.97 Å². The zero-order valence-corrected chi connectivity index (χ0v) is 15.2. The lowest BCUT2D eigenvalue weighted by molar-refractivity contribution is -0.118. The van der Waals surface area contributed by atoms with Gasteiger partial charge in [0, 0.05) is 18.7 Å². The first-order chi connectivity index (χ1) is 12.2. The van der Waals surface area contributed by atoms with Gasteiger partial charge in [0.1, 0.15) is 5.82 Å². The average Bonchev–Trinajstić information content (AvgIpc) is 2.51. The van der Waals surface area contributed by atoms with Crippen LogP contribution in [0.25, 0.3) is 0 Å². The molecule has 8 nitrogen and oxygen atoms in total. The van der Waals surface area contributed by atoms with Crippen LogP contribution < -0.4 is 22.1 Å². The third-order valence-electron chi connectivity index (χ3n) is 3.69. The number of carbonyl (C=O) groups excluding carboxylic acids is 2. The highest BCUT2D eigenvalue weighted by Crippen LogP contribution is 2.23. The molecule has 0 aliphatic heterocycles. The van der Waals surface area contributed by atoms with E-state index < -0.39 is 5.91 Å². The average molecular weight is 356 g/mol. The molecule has 0 saturated heterocycles. The standard InChI is InChI=1S/C18H24N6O2/c1-10-4-12(3)23-16(6-10)24-14-7-13(9-22-17(14)18(20)26)21-8-11(2)5-15(19)25/h4,6-7,9,11,21H,5,8H2,1-3H3,(H2,19,25)(H2,20,26)(H,23,24). The number of pyridine rings is 2. The quantitative estimate of drug-likeness (QED) is 0.570. The van der Waals surface area contributed by atoms with Gasteiger partial charge in [-0.15, -0.1) is 0 Å². The van der Waals surface area contributed by atoms with E-state index in [4.69, 9.17) is 11.5 Å². The molecule has 2 aromatic rings. The van der Waals surface area contributed by atoms with Crippen LogP contribution in [0, 0.1) is 19.8 Å². The van der Waals surface area contributed by atoms with Crippen molar-refractivity contribution in [2.45, 2.75) is 27.2 Å². The summed E-state index contributed by atoms with van der Waals surface area (Å²) in [6.45, 7) is 6.32. The minimum absolute atomic E-state index is 0.0702. The summed E-state index contributed by atoms with van der Waals surface area (Å²) in [7, 11) is 0. The summed E-state index contributed by atoms with van der Waals surface area (Å²) in [6, 6.07) is 5.56. The van der Waals surface area contributed by atoms with Crippen LogP contribution in [0.5, 0.6) is 0 Å². The number of rotatable bonds is 8. The number of amides is 2. The maximum Gasteiger partial charge on any atom is 0.269 e. The molecule has 2 amide bonds. The lowest BCUT2D eigenvalue weighted by atomic mass is 10.1. The van der Waals surface area contributed by atoms with Crippen LogP contribution in [0.15, 0.2) is 24.4 Å². The highest BCUT2D eigenvalue weighted by Gasteiger charge is 2.13. The van der Waals surface area contributed by atoms with Crippen LogP contribution >= 0.6 is 0 Å². The van der Waals surface area contributed by atoms with E-state index in [0.29, 0.717) is 23.7 Å². The zero-order chi connectivity index (χ0) is 19.3. The molecular formula is C18H24N6O2. The first-order valence-electron chi connectivity index (χ1n) is 8.29. The van der Waals surface area contributed by atoms with Gasteiger partial charge in [-0.25, -0.2) is 9.97 Å². The number of aryl methyl sites for hydroxylation is 2. The first kappa shape index (κ1) is 19.2. The largest absolute Gasteiger partial charge is 0.383 e. The Morgan fingerprint density at radius 1 is 1.19 bits per heavy atom. The number of anilines is 3. The van der Waals surface area contributed by atoms with Gasteiger partial charge in [0.15, 0.2) is 5.69 Å². The number of nitrogens with zero attached hydrogens (tertiary/aromatic N) is 2. The Labute approximate surface area is 152 Å². The van der Waals surface area contributed by atoms with Gasteiger partial charge in [0.25, 0.3) is 5.91 Å². The highest BCUT2D eigenvalue weighted by atomic mass is 16.1. The van der Waals surface area contributed by atoms with Gasteiger partial charge in [-0.05, 0) is 43.5 Å². The molecular weight excluding hydrogens is 332 g/mol. The molecule has 2 aromatic heterocycles. The van der Waals surface area contributed by atoms with Crippen LogP contribution in [0.3, 0.4) is 0 Å². The van der Waals surface area contributed by atoms with E-state index in [-0.39, 0.29) is 23.9 Å². The molecule has 1 atom stereocenters. The zero-order valence-electron chi connectivity index (χ0n) is 15.2. The molecule has 0 radical (unpaired) electrons. The van der Waals surface area contributed by atoms with Crippen LogP contribution in [-0.4, -0.2) is 28.3 Å². The van der Waals surface area contributed by atoms with Gasteiger partial charge in [-0.1, -0.05) is 6.92 Å². The summed E-state index contributed by atoms with van der Waals surface area (Å²) in [6.07, 6.45) is 1.81. The van der Waals surface area contributed by atoms with E-state index in [0.717, 1.165) is 11.3 Å². The SMILES string of the molecule is Cc1cc(C)nc(Nc2cc(NCC(C)CC(N)=O)cnc2C(N)=O)c1. The fourth-order valence-electron chi connectivity index (χ4n) is 2.60. The molecule has 138 valence electrons. The van der Waals surface area contributed by atoms with E-state index in [1.54, 1.807) is 6.07 Å². The van der Waals surface area contributed by atoms with Gasteiger partial charge in [0.2, 0.25) is 5.91 Å². The summed E-state index contributed by atoms with van der Waals surface area (Å²) in [5, 5.41) is 6.29. The molecule has 0 aromatic carbocycles. The van der Waals surface area contributed by atoms with Gasteiger partial charge >= 0.3 is 0 Å². The van der Waals surface area contributed by atoms with E-state index in [9.17, 15) is 9.59 Å². The van der Waals surface area contributed by atoms with Crippen molar-refractivity contribution in [2.75, 3.05) is 17.2 Å². The van der Waals surface area contributed by atoms with E-state index >= 15 is 0 Å². The highest BCUT2D eigenvalue weighted by molar-refractivity contribution is 5.97. The normalized spacial score (nSPS) is 11.7. The smallest absolute Gasteiger partial charge is 0.269 e. The number of aromatic nitrogens is 2. The molecule has 6 N–H and O–H groups in total. The summed E-state index contributed by atoms with van der Waals surface area (Å²) >= 11 is 0. The van der Waals surface area contributed by atoms with Crippen molar-refractivity contribution in [3.63, 3.8) is 0 Å². The maximum absolute atomic E-state index is 11.7. The lowest BCUT2D eigenvalue weighted by Crippen LogP contribution is -2.20. The molecule has 0 aliphatic carbocycles. The fraction of sp³-hybridized carbons (Fsp3) is 0.333. The summed E-state index contributed by atoms with van der Waals surface area (Å²) in [4.78, 5) is 31.2. The van der Waals surface area contributed by atoms with E-state index in [1.165, 1.54) is 6.20 Å². The predicted molar refractivity (Wildman–Crippen MR) is 101 cm³/mol. The molecule has 26 heavy (non-hydrogen) atoms. The van der Waals surface area contributed by atoms with Crippen molar-refractivity contribution in [2.24, 2.45) is 17.4 Å². The van der Waals surface area contributed by atoms with Gasteiger partial charge in [0.05, 0.1) is 17.6 Å². The third-order valence-corrected chi connectivity index (χ3v) is 3.69. The molecule has 0 fully saturated rings. The minimum Gasteiger partial charge on any atom is -0.383 e. The second kappa shape index (κ2) is 8.28. The monoisotopic (exact) mass is 356 g/mol. The predicted octanol–water partition coefficient (Wildman–Crippen LogP) is 1.86. The number of carbonyl (C=O) groups is 2. The van der Waals surface area contributed by atoms with Crippen molar-refractivity contribution >= 4 is 29.0 Å². The Hall–Kier alpha value is -3.16. The third kappa shape index (κ3) is 5.44. The van der Waals surface area contributed by atoms with Gasteiger partial charge in [-0.3, -0.25) is 9.59 Å². The molecule has 0 saturated carbocycles. The summed E-state index contributed by atoms with van der Waals surface area (Å²) < 4.78 is 0. The Balaban J connectivity index is 2.22. The molecule has 2 heterocycles. The Morgan fingerprint density at radius 3 is 2.54 bits per heavy atom. The molecule has 1 unspecified atom stereocenters. The van der Waals surface area contributed by atoms with Crippen LogP contribution in [0.4, 0.5) is 17.2 Å². The maximum atomic E-state index is 11.7. The van der Waals surface area contributed by atoms with E-state index in [1.807, 2.05) is 32.9 Å². The number of hydrogen-bond acceptors (Lipinski definition) is 6. The minimum atomic E-state index is -0.634. The summed E-state index contributed by atoms with van der Waals surface area (Å²) in [5.74, 6) is -0.304. The van der Waals surface area contributed by atoms with Gasteiger partial charge < -0.3 is 22.1 Å². The van der Waals surface area contributed by atoms with Crippen molar-refractivity contribution in [3.8, 4) is 0 Å². The second-order valence-electron chi connectivity index (χ2n) is 6.44. The molecule has 0 bridgehead atoms. The topological polar surface area (TPSA) is 136 Å². The fourth-order valence-corrected chi connectivity index (χ4v) is 2.60. The summed E-state index contributed by atoms with van der Waals surface area (Å²) in [5.41, 5.74) is 13.8. The molecule has 0 aliphatic rings. The van der Waals surface area contributed by atoms with Crippen molar-refractivity contribution in [3.05, 3.63) is 41.3 Å². The Morgan fingerprint density at radius 2 is 1.92 bits per heavy atom. The van der Waals surface area contributed by atoms with Crippen LogP contribution in [-0.2, 0) is 4.79 Å². The first-order valence-corrected chi connectivity index (χ1v) is 8.29. The molecule has 0 spiro atoms. The van der Waals surface area contributed by atoms with E-state index in [2.05, 4.69) is 20.6 Å². The second-order valence-corrected chi connectivity index (χ2v) is 6.44. The van der Waals surface area contributed by atoms with Crippen LogP contribution in [0.1, 0.15) is 35.1 Å². The number of hydrogen-bond donors (Lipinski definition) is 4. The molecule has 2 rings (SSSR count). The number of nitrogens with one attached hydrogen (secondary N) is 2.